The van der Waals surface area contributed by atoms with Crippen molar-refractivity contribution in [2.45, 2.75) is 45.5 Å². The molecule has 1 fully saturated rings. The van der Waals surface area contributed by atoms with Gasteiger partial charge in [-0.2, -0.15) is 18.3 Å². The second-order valence-electron chi connectivity index (χ2n) is 9.50. The molecule has 6 nitrogen and oxygen atoms in total. The van der Waals surface area contributed by atoms with Crippen LogP contribution >= 0.6 is 0 Å². The van der Waals surface area contributed by atoms with E-state index in [0.717, 1.165) is 35.7 Å². The number of nitrogens with zero attached hydrogens (tertiary/aromatic N) is 5. The second kappa shape index (κ2) is 8.33. The molecule has 1 aliphatic heterocycles. The zero-order valence-corrected chi connectivity index (χ0v) is 20.0. The molecule has 34 heavy (non-hydrogen) atoms. The van der Waals surface area contributed by atoms with Crippen molar-refractivity contribution < 1.29 is 17.6 Å². The Morgan fingerprint density at radius 3 is 2.38 bits per heavy atom. The molecule has 3 heterocycles. The van der Waals surface area contributed by atoms with Gasteiger partial charge in [0.05, 0.1) is 22.8 Å². The lowest BCUT2D eigenvalue weighted by Gasteiger charge is -2.52. The van der Waals surface area contributed by atoms with Crippen LogP contribution < -0.4 is 10.2 Å². The number of hydrogen-bond acceptors (Lipinski definition) is 6. The van der Waals surface area contributed by atoms with Gasteiger partial charge in [-0.3, -0.25) is 0 Å². The first kappa shape index (κ1) is 24.1. The van der Waals surface area contributed by atoms with Crippen molar-refractivity contribution in [3.63, 3.8) is 0 Å². The van der Waals surface area contributed by atoms with E-state index in [1.54, 1.807) is 13.1 Å². The van der Waals surface area contributed by atoms with E-state index in [4.69, 9.17) is 0 Å². The van der Waals surface area contributed by atoms with E-state index in [0.29, 0.717) is 17.6 Å². The highest BCUT2D eigenvalue weighted by Crippen LogP contribution is 2.37. The van der Waals surface area contributed by atoms with Crippen molar-refractivity contribution in [2.75, 3.05) is 37.4 Å². The molecule has 1 atom stereocenters. The van der Waals surface area contributed by atoms with Gasteiger partial charge in [-0.25, -0.2) is 9.37 Å². The Balaban J connectivity index is 1.69. The van der Waals surface area contributed by atoms with Gasteiger partial charge in [-0.1, -0.05) is 0 Å². The number of likely N-dealkylation sites (N-methyl/N-ethyl adjacent to an activating group) is 1. The van der Waals surface area contributed by atoms with Crippen molar-refractivity contribution in [2.24, 2.45) is 0 Å². The van der Waals surface area contributed by atoms with Gasteiger partial charge in [0.25, 0.3) is 0 Å². The largest absolute Gasteiger partial charge is 0.416 e. The molecule has 2 aromatic heterocycles. The lowest BCUT2D eigenvalue weighted by atomic mass is 9.91. The Hall–Kier alpha value is -3.01. The number of aryl methyl sites for hydroxylation is 1. The van der Waals surface area contributed by atoms with Gasteiger partial charge >= 0.3 is 6.18 Å². The van der Waals surface area contributed by atoms with Crippen LogP contribution in [0.1, 0.15) is 42.3 Å². The number of benzene rings is 1. The first-order valence-electron chi connectivity index (χ1n) is 11.0. The van der Waals surface area contributed by atoms with Crippen LogP contribution in [0.4, 0.5) is 29.2 Å². The molecule has 0 radical (unpaired) electrons. The number of halogens is 4. The quantitative estimate of drug-likeness (QED) is 0.517. The van der Waals surface area contributed by atoms with Crippen molar-refractivity contribution in [1.82, 2.24) is 20.1 Å². The van der Waals surface area contributed by atoms with E-state index in [1.807, 2.05) is 27.1 Å². The Morgan fingerprint density at radius 1 is 1.09 bits per heavy atom. The zero-order valence-electron chi connectivity index (χ0n) is 20.0. The number of hydrogen-bond donors (Lipinski definition) is 1. The molecular formula is C24H28F4N6. The van der Waals surface area contributed by atoms with E-state index in [2.05, 4.69) is 37.2 Å². The fourth-order valence-electron chi connectivity index (χ4n) is 4.39. The summed E-state index contributed by atoms with van der Waals surface area (Å²) in [6.45, 7) is 8.67. The number of pyridine rings is 1. The van der Waals surface area contributed by atoms with Gasteiger partial charge in [0.15, 0.2) is 5.82 Å². The normalized spacial score (nSPS) is 16.6. The first-order valence-corrected chi connectivity index (χ1v) is 11.0. The molecule has 10 heteroatoms. The van der Waals surface area contributed by atoms with Gasteiger partial charge in [-0.15, -0.1) is 5.10 Å². The van der Waals surface area contributed by atoms with Crippen LogP contribution in [-0.4, -0.2) is 52.8 Å². The SMILES string of the molecule is Cc1c([C@@H](C)Nc2nnc(C)c3cnc(N4CC(C)(N(C)C)C4)cc23)cc(F)cc1C(F)(F)F. The topological polar surface area (TPSA) is 57.2 Å². The Bertz CT molecular complexity index is 1230. The first-order chi connectivity index (χ1) is 15.8. The molecule has 0 unspecified atom stereocenters. The molecule has 1 N–H and O–H groups in total. The van der Waals surface area contributed by atoms with Crippen molar-refractivity contribution >= 4 is 22.4 Å². The molecule has 0 bridgehead atoms. The maximum Gasteiger partial charge on any atom is 0.416 e. The van der Waals surface area contributed by atoms with Crippen LogP contribution in [0.3, 0.4) is 0 Å². The minimum atomic E-state index is -4.64. The van der Waals surface area contributed by atoms with E-state index in [-0.39, 0.29) is 16.7 Å². The number of alkyl halides is 3. The Kier molecular flexibility index (Phi) is 5.91. The lowest BCUT2D eigenvalue weighted by Crippen LogP contribution is -2.67. The summed E-state index contributed by atoms with van der Waals surface area (Å²) in [7, 11) is 4.10. The van der Waals surface area contributed by atoms with Crippen LogP contribution in [0.25, 0.3) is 10.8 Å². The molecule has 0 saturated carbocycles. The van der Waals surface area contributed by atoms with Gasteiger partial charge in [0.2, 0.25) is 0 Å². The van der Waals surface area contributed by atoms with Crippen molar-refractivity contribution in [1.29, 1.82) is 0 Å². The summed E-state index contributed by atoms with van der Waals surface area (Å²) in [5.74, 6) is 0.260. The monoisotopic (exact) mass is 476 g/mol. The third kappa shape index (κ3) is 4.26. The molecule has 182 valence electrons. The van der Waals surface area contributed by atoms with Crippen LogP contribution in [0.2, 0.25) is 0 Å². The smallest absolute Gasteiger partial charge is 0.362 e. The fraction of sp³-hybridized carbons (Fsp3) is 0.458. The maximum absolute atomic E-state index is 14.1. The molecule has 0 amide bonds. The molecule has 0 aliphatic carbocycles. The predicted octanol–water partition coefficient (Wildman–Crippen LogP) is 5.11. The summed E-state index contributed by atoms with van der Waals surface area (Å²) < 4.78 is 54.3. The summed E-state index contributed by atoms with van der Waals surface area (Å²) in [5.41, 5.74) is -0.0469. The minimum Gasteiger partial charge on any atom is -0.362 e. The summed E-state index contributed by atoms with van der Waals surface area (Å²) in [6, 6.07) is 2.93. The molecule has 3 aromatic rings. The Morgan fingerprint density at radius 2 is 1.76 bits per heavy atom. The Labute approximate surface area is 196 Å². The van der Waals surface area contributed by atoms with Crippen LogP contribution in [0, 0.1) is 19.7 Å². The standard InChI is InChI=1S/C24H28F4N6/c1-13-17(7-16(25)8-20(13)24(26,27)28)14(2)30-22-18-9-21(29-10-19(18)15(3)31-32-22)34-11-23(4,12-34)33(5)6/h7-10,14H,11-12H2,1-6H3,(H,30,32)/t14-/m1/s1. The lowest BCUT2D eigenvalue weighted by molar-refractivity contribution is -0.138. The van der Waals surface area contributed by atoms with Crippen LogP contribution in [-0.2, 0) is 6.18 Å². The van der Waals surface area contributed by atoms with E-state index < -0.39 is 23.6 Å². The number of fused-ring (bicyclic) bond motifs is 1. The van der Waals surface area contributed by atoms with Gasteiger partial charge < -0.3 is 15.1 Å². The highest BCUT2D eigenvalue weighted by atomic mass is 19.4. The predicted molar refractivity (Wildman–Crippen MR) is 125 cm³/mol. The van der Waals surface area contributed by atoms with E-state index in [1.165, 1.54) is 6.92 Å². The average molecular weight is 477 g/mol. The minimum absolute atomic E-state index is 0.0239. The van der Waals surface area contributed by atoms with Gasteiger partial charge in [0.1, 0.15) is 11.6 Å². The molecule has 0 spiro atoms. The van der Waals surface area contributed by atoms with Crippen molar-refractivity contribution in [3.05, 3.63) is 52.6 Å². The van der Waals surface area contributed by atoms with E-state index in [9.17, 15) is 17.6 Å². The average Bonchev–Trinajstić information content (AvgIpc) is 2.73. The zero-order chi connectivity index (χ0) is 25.0. The van der Waals surface area contributed by atoms with Crippen molar-refractivity contribution in [3.8, 4) is 0 Å². The molecular weight excluding hydrogens is 448 g/mol. The molecule has 1 aliphatic rings. The molecule has 1 aromatic carbocycles. The van der Waals surface area contributed by atoms with Gasteiger partial charge in [0, 0.05) is 30.1 Å². The van der Waals surface area contributed by atoms with Crippen LogP contribution in [0.5, 0.6) is 0 Å². The van der Waals surface area contributed by atoms with Crippen LogP contribution in [0.15, 0.2) is 24.4 Å². The molecule has 4 rings (SSSR count). The summed E-state index contributed by atoms with van der Waals surface area (Å²) in [6.07, 6.45) is -2.90. The third-order valence-electron chi connectivity index (χ3n) is 6.84. The van der Waals surface area contributed by atoms with Gasteiger partial charge in [-0.05, 0) is 71.1 Å². The number of nitrogens with one attached hydrogen (secondary N) is 1. The highest BCUT2D eigenvalue weighted by Gasteiger charge is 2.41. The third-order valence-corrected chi connectivity index (χ3v) is 6.84. The number of rotatable bonds is 5. The second-order valence-corrected chi connectivity index (χ2v) is 9.50. The number of anilines is 2. The fourth-order valence-corrected chi connectivity index (χ4v) is 4.39. The highest BCUT2D eigenvalue weighted by molar-refractivity contribution is 5.94. The summed E-state index contributed by atoms with van der Waals surface area (Å²) in [4.78, 5) is 8.94. The summed E-state index contributed by atoms with van der Waals surface area (Å²) >= 11 is 0. The number of aromatic nitrogens is 3. The molecule has 1 saturated heterocycles. The summed E-state index contributed by atoms with van der Waals surface area (Å²) in [5, 5.41) is 13.1. The van der Waals surface area contributed by atoms with E-state index >= 15 is 0 Å². The maximum atomic E-state index is 14.1.